The fourth-order valence-corrected chi connectivity index (χ4v) is 2.94. The van der Waals surface area contributed by atoms with Gasteiger partial charge in [0.25, 0.3) is 0 Å². The molecular formula is C16H25NO2. The summed E-state index contributed by atoms with van der Waals surface area (Å²) in [7, 11) is 1.80. The Labute approximate surface area is 116 Å². The minimum Gasteiger partial charge on any atom is -0.381 e. The largest absolute Gasteiger partial charge is 0.381 e. The smallest absolute Gasteiger partial charge is 0.0977 e. The van der Waals surface area contributed by atoms with Crippen LogP contribution in [0.5, 0.6) is 0 Å². The third kappa shape index (κ3) is 3.78. The van der Waals surface area contributed by atoms with Crippen molar-refractivity contribution in [1.29, 1.82) is 0 Å². The molecule has 1 fully saturated rings. The Morgan fingerprint density at radius 3 is 2.74 bits per heavy atom. The highest BCUT2D eigenvalue weighted by atomic mass is 16.5. The van der Waals surface area contributed by atoms with Crippen molar-refractivity contribution in [3.63, 3.8) is 0 Å². The lowest BCUT2D eigenvalue weighted by atomic mass is 9.87. The Balaban J connectivity index is 2.15. The summed E-state index contributed by atoms with van der Waals surface area (Å²) in [5.74, 6) is 0.527. The van der Waals surface area contributed by atoms with Crippen molar-refractivity contribution in [1.82, 2.24) is 5.32 Å². The van der Waals surface area contributed by atoms with Crippen LogP contribution in [0.2, 0.25) is 0 Å². The van der Waals surface area contributed by atoms with E-state index in [2.05, 4.69) is 36.5 Å². The summed E-state index contributed by atoms with van der Waals surface area (Å²) in [6.45, 7) is 4.84. The van der Waals surface area contributed by atoms with Crippen LogP contribution in [0, 0.1) is 5.92 Å². The molecule has 19 heavy (non-hydrogen) atoms. The molecule has 1 aromatic rings. The quantitative estimate of drug-likeness (QED) is 0.856. The van der Waals surface area contributed by atoms with E-state index in [0.717, 1.165) is 26.2 Å². The van der Waals surface area contributed by atoms with Gasteiger partial charge in [-0.25, -0.2) is 0 Å². The first-order chi connectivity index (χ1) is 9.36. The maximum absolute atomic E-state index is 5.79. The Kier molecular flexibility index (Phi) is 5.83. The molecule has 0 bridgehead atoms. The predicted molar refractivity (Wildman–Crippen MR) is 77.2 cm³/mol. The molecule has 3 heteroatoms. The molecule has 0 saturated carbocycles. The molecule has 3 nitrogen and oxygen atoms in total. The summed E-state index contributed by atoms with van der Waals surface area (Å²) in [4.78, 5) is 0. The summed E-state index contributed by atoms with van der Waals surface area (Å²) in [5, 5.41) is 3.60. The summed E-state index contributed by atoms with van der Waals surface area (Å²) in [6, 6.07) is 10.8. The van der Waals surface area contributed by atoms with Crippen molar-refractivity contribution in [2.24, 2.45) is 5.92 Å². The zero-order chi connectivity index (χ0) is 13.5. The van der Waals surface area contributed by atoms with Crippen LogP contribution < -0.4 is 5.32 Å². The second kappa shape index (κ2) is 7.63. The normalized spacial score (nSPS) is 22.9. The number of ether oxygens (including phenoxy) is 2. The predicted octanol–water partition coefficient (Wildman–Crippen LogP) is 2.78. The van der Waals surface area contributed by atoms with Gasteiger partial charge in [0, 0.05) is 25.7 Å². The van der Waals surface area contributed by atoms with E-state index in [1.54, 1.807) is 7.11 Å². The molecule has 1 saturated heterocycles. The number of methoxy groups -OCH3 is 1. The van der Waals surface area contributed by atoms with E-state index in [1.807, 2.05) is 6.07 Å². The maximum atomic E-state index is 5.79. The molecule has 1 aromatic carbocycles. The van der Waals surface area contributed by atoms with Crippen molar-refractivity contribution in [2.45, 2.75) is 31.9 Å². The minimum absolute atomic E-state index is 0.0906. The van der Waals surface area contributed by atoms with Gasteiger partial charge in [-0.15, -0.1) is 0 Å². The summed E-state index contributed by atoms with van der Waals surface area (Å²) >= 11 is 0. The number of nitrogens with one attached hydrogen (secondary N) is 1. The van der Waals surface area contributed by atoms with E-state index < -0.39 is 0 Å². The first-order valence-electron chi connectivity index (χ1n) is 7.25. The van der Waals surface area contributed by atoms with Crippen LogP contribution in [-0.2, 0) is 9.47 Å². The minimum atomic E-state index is 0.0906. The molecule has 2 rings (SSSR count). The molecule has 3 atom stereocenters. The number of hydrogen-bond donors (Lipinski definition) is 1. The third-order valence-corrected chi connectivity index (χ3v) is 3.85. The Morgan fingerprint density at radius 1 is 1.37 bits per heavy atom. The Morgan fingerprint density at radius 2 is 2.16 bits per heavy atom. The molecule has 106 valence electrons. The fraction of sp³-hybridized carbons (Fsp3) is 0.625. The van der Waals surface area contributed by atoms with E-state index in [9.17, 15) is 0 Å². The Bertz CT molecular complexity index is 349. The van der Waals surface area contributed by atoms with E-state index in [4.69, 9.17) is 9.47 Å². The summed E-state index contributed by atoms with van der Waals surface area (Å²) in [6.07, 6.45) is 2.45. The van der Waals surface area contributed by atoms with E-state index in [-0.39, 0.29) is 6.10 Å². The van der Waals surface area contributed by atoms with E-state index >= 15 is 0 Å². The zero-order valence-corrected chi connectivity index (χ0v) is 12.0. The van der Waals surface area contributed by atoms with Gasteiger partial charge in [-0.1, -0.05) is 37.3 Å². The summed E-state index contributed by atoms with van der Waals surface area (Å²) < 4.78 is 11.4. The van der Waals surface area contributed by atoms with Gasteiger partial charge in [-0.2, -0.15) is 0 Å². The molecule has 0 spiro atoms. The fourth-order valence-electron chi connectivity index (χ4n) is 2.94. The maximum Gasteiger partial charge on any atom is 0.0977 e. The first kappa shape index (κ1) is 14.5. The molecule has 1 aliphatic heterocycles. The monoisotopic (exact) mass is 263 g/mol. The lowest BCUT2D eigenvalue weighted by Gasteiger charge is -2.35. The third-order valence-electron chi connectivity index (χ3n) is 3.85. The lowest BCUT2D eigenvalue weighted by molar-refractivity contribution is -0.00995. The van der Waals surface area contributed by atoms with Gasteiger partial charge in [0.1, 0.15) is 0 Å². The van der Waals surface area contributed by atoms with Gasteiger partial charge < -0.3 is 14.8 Å². The van der Waals surface area contributed by atoms with Crippen molar-refractivity contribution < 1.29 is 9.47 Å². The summed E-state index contributed by atoms with van der Waals surface area (Å²) in [5.41, 5.74) is 1.24. The zero-order valence-electron chi connectivity index (χ0n) is 12.0. The highest BCUT2D eigenvalue weighted by Gasteiger charge is 2.31. The molecule has 0 aliphatic carbocycles. The average Bonchev–Trinajstić information content (AvgIpc) is 2.49. The lowest BCUT2D eigenvalue weighted by Crippen LogP contribution is -2.45. The molecule has 1 N–H and O–H groups in total. The van der Waals surface area contributed by atoms with E-state index in [1.165, 1.54) is 12.0 Å². The van der Waals surface area contributed by atoms with Crippen LogP contribution in [-0.4, -0.2) is 32.9 Å². The molecule has 0 radical (unpaired) electrons. The molecule has 0 amide bonds. The van der Waals surface area contributed by atoms with Crippen molar-refractivity contribution >= 4 is 0 Å². The van der Waals surface area contributed by atoms with Gasteiger partial charge in [0.15, 0.2) is 0 Å². The highest BCUT2D eigenvalue weighted by molar-refractivity contribution is 5.19. The molecular weight excluding hydrogens is 238 g/mol. The van der Waals surface area contributed by atoms with Crippen LogP contribution in [0.3, 0.4) is 0 Å². The number of rotatable bonds is 6. The second-order valence-corrected chi connectivity index (χ2v) is 5.13. The number of hydrogen-bond acceptors (Lipinski definition) is 3. The topological polar surface area (TPSA) is 30.5 Å². The number of benzene rings is 1. The first-order valence-corrected chi connectivity index (χ1v) is 7.25. The van der Waals surface area contributed by atoms with Gasteiger partial charge in [-0.05, 0) is 24.9 Å². The standard InChI is InChI=1S/C16H25NO2/c1-3-17-15(14-10-7-11-19-12-14)16(18-2)13-8-5-4-6-9-13/h4-6,8-9,14-17H,3,7,10-12H2,1-2H3. The van der Waals surface area contributed by atoms with Crippen molar-refractivity contribution in [3.05, 3.63) is 35.9 Å². The van der Waals surface area contributed by atoms with Gasteiger partial charge in [-0.3, -0.25) is 0 Å². The highest BCUT2D eigenvalue weighted by Crippen LogP contribution is 2.29. The SMILES string of the molecule is CCNC(C1CCCOC1)C(OC)c1ccccc1. The van der Waals surface area contributed by atoms with E-state index in [0.29, 0.717) is 12.0 Å². The molecule has 0 aromatic heterocycles. The van der Waals surface area contributed by atoms with Crippen molar-refractivity contribution in [3.8, 4) is 0 Å². The second-order valence-electron chi connectivity index (χ2n) is 5.13. The average molecular weight is 263 g/mol. The van der Waals surface area contributed by atoms with Crippen LogP contribution in [0.1, 0.15) is 31.4 Å². The van der Waals surface area contributed by atoms with Crippen molar-refractivity contribution in [2.75, 3.05) is 26.9 Å². The van der Waals surface area contributed by atoms with Crippen LogP contribution >= 0.6 is 0 Å². The Hall–Kier alpha value is -0.900. The van der Waals surface area contributed by atoms with Crippen LogP contribution in [0.25, 0.3) is 0 Å². The van der Waals surface area contributed by atoms with Crippen LogP contribution in [0.15, 0.2) is 30.3 Å². The number of likely N-dealkylation sites (N-methyl/N-ethyl adjacent to an activating group) is 1. The molecule has 1 heterocycles. The van der Waals surface area contributed by atoms with Crippen LogP contribution in [0.4, 0.5) is 0 Å². The van der Waals surface area contributed by atoms with Gasteiger partial charge >= 0.3 is 0 Å². The molecule has 3 unspecified atom stereocenters. The van der Waals surface area contributed by atoms with Gasteiger partial charge in [0.05, 0.1) is 12.7 Å². The van der Waals surface area contributed by atoms with Gasteiger partial charge in [0.2, 0.25) is 0 Å². The molecule has 1 aliphatic rings.